The highest BCUT2D eigenvalue weighted by molar-refractivity contribution is 5.80. The molecule has 0 spiro atoms. The summed E-state index contributed by atoms with van der Waals surface area (Å²) in [7, 11) is 0. The van der Waals surface area contributed by atoms with Crippen LogP contribution in [0.3, 0.4) is 0 Å². The number of rotatable bonds is 5. The molecule has 0 unspecified atom stereocenters. The van der Waals surface area contributed by atoms with Crippen molar-refractivity contribution >= 4 is 17.0 Å². The summed E-state index contributed by atoms with van der Waals surface area (Å²) >= 11 is 0. The fraction of sp³-hybridized carbons (Fsp3) is 0.381. The first-order valence-corrected chi connectivity index (χ1v) is 9.72. The van der Waals surface area contributed by atoms with Gasteiger partial charge in [0.05, 0.1) is 17.8 Å². The number of benzene rings is 1. The average Bonchev–Trinajstić information content (AvgIpc) is 3.34. The quantitative estimate of drug-likeness (QED) is 0.678. The van der Waals surface area contributed by atoms with E-state index in [0.717, 1.165) is 30.7 Å². The van der Waals surface area contributed by atoms with Gasteiger partial charge in [0, 0.05) is 44.3 Å². The molecule has 4 heterocycles. The number of fused-ring (bicyclic) bond motifs is 2. The van der Waals surface area contributed by atoms with Crippen molar-refractivity contribution in [3.05, 3.63) is 64.9 Å². The largest absolute Gasteiger partial charge is 0.419 e. The maximum absolute atomic E-state index is 12.6. The fourth-order valence-electron chi connectivity index (χ4n) is 4.61. The molecule has 0 aliphatic carbocycles. The zero-order chi connectivity index (χ0) is 19.1. The molecule has 2 aromatic heterocycles. The molecule has 0 radical (unpaired) electrons. The number of hydrogen-bond donors (Lipinski definition) is 0. The average molecular weight is 378 g/mol. The topological polar surface area (TPSA) is 71.6 Å². The SMILES string of the molecule is O=C1C[C@H]2[C@H](CCN2CCn2c(=O)oc3ccccc32)N1Cc1ccccn1. The van der Waals surface area contributed by atoms with E-state index in [1.165, 1.54) is 0 Å². The molecule has 2 fully saturated rings. The number of nitrogens with zero attached hydrogens (tertiary/aromatic N) is 4. The first kappa shape index (κ1) is 17.2. The molecule has 2 atom stereocenters. The highest BCUT2D eigenvalue weighted by Gasteiger charge is 2.46. The van der Waals surface area contributed by atoms with Gasteiger partial charge in [0.25, 0.3) is 0 Å². The molecule has 5 rings (SSSR count). The summed E-state index contributed by atoms with van der Waals surface area (Å²) < 4.78 is 7.01. The van der Waals surface area contributed by atoms with Crippen molar-refractivity contribution in [1.82, 2.24) is 19.4 Å². The molecule has 2 saturated heterocycles. The minimum absolute atomic E-state index is 0.191. The van der Waals surface area contributed by atoms with E-state index in [9.17, 15) is 9.59 Å². The summed E-state index contributed by atoms with van der Waals surface area (Å²) in [4.78, 5) is 33.5. The highest BCUT2D eigenvalue weighted by Crippen LogP contribution is 2.33. The summed E-state index contributed by atoms with van der Waals surface area (Å²) in [6.45, 7) is 2.80. The van der Waals surface area contributed by atoms with E-state index in [1.807, 2.05) is 47.4 Å². The van der Waals surface area contributed by atoms with E-state index in [2.05, 4.69) is 9.88 Å². The smallest absolute Gasteiger partial charge is 0.408 e. The molecular weight excluding hydrogens is 356 g/mol. The number of carbonyl (C=O) groups excluding carboxylic acids is 1. The molecule has 2 aliphatic rings. The van der Waals surface area contributed by atoms with Crippen LogP contribution in [0, 0.1) is 0 Å². The Morgan fingerprint density at radius 1 is 1.04 bits per heavy atom. The number of amides is 1. The second kappa shape index (κ2) is 6.91. The van der Waals surface area contributed by atoms with Crippen molar-refractivity contribution in [2.75, 3.05) is 13.1 Å². The first-order chi connectivity index (χ1) is 13.7. The van der Waals surface area contributed by atoms with Gasteiger partial charge in [-0.25, -0.2) is 4.79 Å². The summed E-state index contributed by atoms with van der Waals surface area (Å²) in [5.74, 6) is -0.132. The Morgan fingerprint density at radius 2 is 1.89 bits per heavy atom. The summed E-state index contributed by atoms with van der Waals surface area (Å²) in [5, 5.41) is 0. The van der Waals surface area contributed by atoms with Gasteiger partial charge in [-0.15, -0.1) is 0 Å². The Hall–Kier alpha value is -2.93. The lowest BCUT2D eigenvalue weighted by atomic mass is 10.1. The molecular formula is C21H22N4O3. The number of hydrogen-bond acceptors (Lipinski definition) is 5. The predicted molar refractivity (Wildman–Crippen MR) is 104 cm³/mol. The zero-order valence-corrected chi connectivity index (χ0v) is 15.5. The fourth-order valence-corrected chi connectivity index (χ4v) is 4.61. The van der Waals surface area contributed by atoms with Gasteiger partial charge >= 0.3 is 5.76 Å². The minimum Gasteiger partial charge on any atom is -0.408 e. The van der Waals surface area contributed by atoms with Crippen LogP contribution in [-0.2, 0) is 17.9 Å². The second-order valence-corrected chi connectivity index (χ2v) is 7.49. The van der Waals surface area contributed by atoms with E-state index in [-0.39, 0.29) is 23.7 Å². The van der Waals surface area contributed by atoms with Crippen molar-refractivity contribution in [1.29, 1.82) is 0 Å². The summed E-state index contributed by atoms with van der Waals surface area (Å²) in [5.41, 5.74) is 2.36. The summed E-state index contributed by atoms with van der Waals surface area (Å²) in [6, 6.07) is 13.7. The molecule has 0 saturated carbocycles. The Labute approximate surface area is 162 Å². The number of oxazole rings is 1. The summed E-state index contributed by atoms with van der Waals surface area (Å²) in [6.07, 6.45) is 3.27. The van der Waals surface area contributed by atoms with Crippen LogP contribution < -0.4 is 5.76 Å². The normalized spacial score (nSPS) is 22.3. The number of pyridine rings is 1. The lowest BCUT2D eigenvalue weighted by Crippen LogP contribution is -2.38. The van der Waals surface area contributed by atoms with Gasteiger partial charge in [-0.2, -0.15) is 0 Å². The number of likely N-dealkylation sites (tertiary alicyclic amines) is 2. The van der Waals surface area contributed by atoms with Crippen LogP contribution in [0.15, 0.2) is 57.9 Å². The number of aromatic nitrogens is 2. The number of carbonyl (C=O) groups is 1. The third kappa shape index (κ3) is 2.92. The molecule has 0 bridgehead atoms. The van der Waals surface area contributed by atoms with Crippen molar-refractivity contribution in [2.24, 2.45) is 0 Å². The van der Waals surface area contributed by atoms with Crippen molar-refractivity contribution in [3.63, 3.8) is 0 Å². The lowest BCUT2D eigenvalue weighted by Gasteiger charge is -2.25. The van der Waals surface area contributed by atoms with Gasteiger partial charge in [0.15, 0.2) is 5.58 Å². The monoisotopic (exact) mass is 378 g/mol. The van der Waals surface area contributed by atoms with E-state index in [0.29, 0.717) is 25.1 Å². The molecule has 144 valence electrons. The molecule has 7 nitrogen and oxygen atoms in total. The van der Waals surface area contributed by atoms with E-state index in [4.69, 9.17) is 4.42 Å². The maximum Gasteiger partial charge on any atom is 0.419 e. The van der Waals surface area contributed by atoms with Gasteiger partial charge < -0.3 is 9.32 Å². The second-order valence-electron chi connectivity index (χ2n) is 7.49. The van der Waals surface area contributed by atoms with Gasteiger partial charge in [0.1, 0.15) is 0 Å². The molecule has 0 N–H and O–H groups in total. The lowest BCUT2D eigenvalue weighted by molar-refractivity contribution is -0.129. The maximum atomic E-state index is 12.6. The minimum atomic E-state index is -0.323. The molecule has 1 amide bonds. The Morgan fingerprint density at radius 3 is 2.75 bits per heavy atom. The van der Waals surface area contributed by atoms with Crippen LogP contribution in [0.25, 0.3) is 11.1 Å². The molecule has 3 aromatic rings. The van der Waals surface area contributed by atoms with Crippen molar-refractivity contribution < 1.29 is 9.21 Å². The zero-order valence-electron chi connectivity index (χ0n) is 15.5. The van der Waals surface area contributed by atoms with Crippen LogP contribution in [-0.4, -0.2) is 50.4 Å². The Balaban J connectivity index is 1.29. The Kier molecular flexibility index (Phi) is 4.24. The van der Waals surface area contributed by atoms with Crippen LogP contribution in [0.4, 0.5) is 0 Å². The molecule has 7 heteroatoms. The number of para-hydroxylation sites is 2. The molecule has 28 heavy (non-hydrogen) atoms. The molecule has 2 aliphatic heterocycles. The highest BCUT2D eigenvalue weighted by atomic mass is 16.4. The van der Waals surface area contributed by atoms with Crippen molar-refractivity contribution in [3.8, 4) is 0 Å². The van der Waals surface area contributed by atoms with Gasteiger partial charge in [0.2, 0.25) is 5.91 Å². The van der Waals surface area contributed by atoms with Gasteiger partial charge in [-0.05, 0) is 30.7 Å². The standard InChI is InChI=1S/C21H22N4O3/c26-20-13-18-16(25(20)14-15-5-3-4-9-22-15)8-10-23(18)11-12-24-17-6-1-2-7-19(17)28-21(24)27/h1-7,9,16,18H,8,10-14H2/t16-,18-/m0/s1. The van der Waals surface area contributed by atoms with Crippen molar-refractivity contribution in [2.45, 2.75) is 38.0 Å². The third-order valence-electron chi connectivity index (χ3n) is 5.97. The Bertz CT molecular complexity index is 1060. The van der Waals surface area contributed by atoms with Gasteiger partial charge in [-0.1, -0.05) is 18.2 Å². The van der Waals surface area contributed by atoms with Crippen LogP contribution in [0.5, 0.6) is 0 Å². The molecule has 1 aromatic carbocycles. The van der Waals surface area contributed by atoms with Crippen LogP contribution in [0.1, 0.15) is 18.5 Å². The van der Waals surface area contributed by atoms with E-state index in [1.54, 1.807) is 10.8 Å². The first-order valence-electron chi connectivity index (χ1n) is 9.72. The van der Waals surface area contributed by atoms with Gasteiger partial charge in [-0.3, -0.25) is 19.2 Å². The van der Waals surface area contributed by atoms with E-state index >= 15 is 0 Å². The van der Waals surface area contributed by atoms with Crippen LogP contribution in [0.2, 0.25) is 0 Å². The van der Waals surface area contributed by atoms with Crippen LogP contribution >= 0.6 is 0 Å². The van der Waals surface area contributed by atoms with E-state index < -0.39 is 0 Å². The predicted octanol–water partition coefficient (Wildman–Crippen LogP) is 1.86. The third-order valence-corrected chi connectivity index (χ3v) is 5.97.